The smallest absolute Gasteiger partial charge is 0.329 e. The van der Waals surface area contributed by atoms with E-state index < -0.39 is 5.97 Å². The maximum absolute atomic E-state index is 11.8. The predicted molar refractivity (Wildman–Crippen MR) is 68.3 cm³/mol. The topological polar surface area (TPSA) is 63.6 Å². The summed E-state index contributed by atoms with van der Waals surface area (Å²) in [4.78, 5) is 22.0. The number of carboxylic acids is 1. The zero-order valence-electron chi connectivity index (χ0n) is 10.9. The largest absolute Gasteiger partial charge is 0.480 e. The first-order chi connectivity index (χ1) is 8.65. The van der Waals surface area contributed by atoms with Crippen LogP contribution in [0.4, 0.5) is 0 Å². The number of Topliss-reactive ketones (excluding diaryl/α,β-unsaturated/α-hetero) is 1. The normalized spacial score (nSPS) is 23.9. The van der Waals surface area contributed by atoms with Gasteiger partial charge in [-0.2, -0.15) is 0 Å². The quantitative estimate of drug-likeness (QED) is 0.533. The third kappa shape index (κ3) is 5.00. The Hall–Kier alpha value is -1.16. The molecule has 2 atom stereocenters. The SMILES string of the molecule is CC/C=C\C[C@H]1C(=O)CC[C@@H]1CCOCC(=O)O. The van der Waals surface area contributed by atoms with Crippen molar-refractivity contribution in [3.63, 3.8) is 0 Å². The highest BCUT2D eigenvalue weighted by Crippen LogP contribution is 2.34. The van der Waals surface area contributed by atoms with Gasteiger partial charge in [0.15, 0.2) is 0 Å². The van der Waals surface area contributed by atoms with Gasteiger partial charge in [-0.1, -0.05) is 19.1 Å². The Balaban J connectivity index is 2.31. The Labute approximate surface area is 108 Å². The molecular formula is C14H22O4. The van der Waals surface area contributed by atoms with E-state index in [4.69, 9.17) is 9.84 Å². The van der Waals surface area contributed by atoms with Crippen molar-refractivity contribution < 1.29 is 19.4 Å². The molecule has 1 N–H and O–H groups in total. The summed E-state index contributed by atoms with van der Waals surface area (Å²) in [6.07, 6.45) is 8.34. The molecule has 0 heterocycles. The summed E-state index contributed by atoms with van der Waals surface area (Å²) >= 11 is 0. The highest BCUT2D eigenvalue weighted by molar-refractivity contribution is 5.83. The molecule has 1 rings (SSSR count). The molecule has 1 aliphatic carbocycles. The van der Waals surface area contributed by atoms with Gasteiger partial charge < -0.3 is 9.84 Å². The summed E-state index contributed by atoms with van der Waals surface area (Å²) in [5.41, 5.74) is 0. The van der Waals surface area contributed by atoms with E-state index in [1.807, 2.05) is 0 Å². The summed E-state index contributed by atoms with van der Waals surface area (Å²) in [5, 5.41) is 8.45. The highest BCUT2D eigenvalue weighted by Gasteiger charge is 2.33. The fourth-order valence-electron chi connectivity index (χ4n) is 2.45. The van der Waals surface area contributed by atoms with Gasteiger partial charge in [0.25, 0.3) is 0 Å². The van der Waals surface area contributed by atoms with Crippen LogP contribution >= 0.6 is 0 Å². The molecule has 18 heavy (non-hydrogen) atoms. The molecule has 0 aromatic carbocycles. The average Bonchev–Trinajstić information content (AvgIpc) is 2.67. The molecule has 1 saturated carbocycles. The molecule has 0 radical (unpaired) electrons. The number of ketones is 1. The number of hydrogen-bond acceptors (Lipinski definition) is 3. The third-order valence-corrected chi connectivity index (χ3v) is 3.40. The van der Waals surface area contributed by atoms with E-state index in [0.717, 1.165) is 25.7 Å². The van der Waals surface area contributed by atoms with Crippen molar-refractivity contribution in [3.05, 3.63) is 12.2 Å². The Morgan fingerprint density at radius 3 is 2.94 bits per heavy atom. The highest BCUT2D eigenvalue weighted by atomic mass is 16.5. The standard InChI is InChI=1S/C14H22O4/c1-2-3-4-5-12-11(6-7-13(12)15)8-9-18-10-14(16)17/h3-4,11-12H,2,5-10H2,1H3,(H,16,17)/b4-3-/t11-,12-/m1/s1. The number of aliphatic carboxylic acids is 1. The van der Waals surface area contributed by atoms with Crippen molar-refractivity contribution in [1.82, 2.24) is 0 Å². The lowest BCUT2D eigenvalue weighted by atomic mass is 9.90. The minimum atomic E-state index is -0.945. The number of hydrogen-bond donors (Lipinski definition) is 1. The second-order valence-electron chi connectivity index (χ2n) is 4.72. The number of allylic oxidation sites excluding steroid dienone is 2. The van der Waals surface area contributed by atoms with Gasteiger partial charge in [0.2, 0.25) is 0 Å². The lowest BCUT2D eigenvalue weighted by Crippen LogP contribution is -2.17. The monoisotopic (exact) mass is 254 g/mol. The Bertz CT molecular complexity index is 309. The second-order valence-corrected chi connectivity index (χ2v) is 4.72. The van der Waals surface area contributed by atoms with Crippen LogP contribution in [-0.4, -0.2) is 30.1 Å². The van der Waals surface area contributed by atoms with Gasteiger partial charge in [0, 0.05) is 18.9 Å². The molecule has 4 heteroatoms. The van der Waals surface area contributed by atoms with Gasteiger partial charge in [0.1, 0.15) is 12.4 Å². The molecule has 0 spiro atoms. The van der Waals surface area contributed by atoms with Crippen molar-refractivity contribution >= 4 is 11.8 Å². The van der Waals surface area contributed by atoms with Crippen molar-refractivity contribution in [1.29, 1.82) is 0 Å². The maximum atomic E-state index is 11.8. The Morgan fingerprint density at radius 1 is 1.50 bits per heavy atom. The number of carbonyl (C=O) groups is 2. The fraction of sp³-hybridized carbons (Fsp3) is 0.714. The average molecular weight is 254 g/mol. The summed E-state index contributed by atoms with van der Waals surface area (Å²) in [6.45, 7) is 2.25. The third-order valence-electron chi connectivity index (χ3n) is 3.40. The van der Waals surface area contributed by atoms with Crippen molar-refractivity contribution in [3.8, 4) is 0 Å². The zero-order valence-corrected chi connectivity index (χ0v) is 10.9. The van der Waals surface area contributed by atoms with Crippen LogP contribution in [0.3, 0.4) is 0 Å². The van der Waals surface area contributed by atoms with Gasteiger partial charge in [-0.25, -0.2) is 4.79 Å². The molecular weight excluding hydrogens is 232 g/mol. The Kier molecular flexibility index (Phi) is 6.65. The zero-order chi connectivity index (χ0) is 13.4. The van der Waals surface area contributed by atoms with E-state index >= 15 is 0 Å². The molecule has 102 valence electrons. The molecule has 0 aromatic rings. The van der Waals surface area contributed by atoms with Crippen LogP contribution in [0, 0.1) is 11.8 Å². The van der Waals surface area contributed by atoms with Crippen LogP contribution in [0.15, 0.2) is 12.2 Å². The number of carboxylic acid groups (broad SMARTS) is 1. The fourth-order valence-corrected chi connectivity index (χ4v) is 2.45. The minimum Gasteiger partial charge on any atom is -0.480 e. The van der Waals surface area contributed by atoms with Crippen LogP contribution in [0.25, 0.3) is 0 Å². The van der Waals surface area contributed by atoms with Crippen LogP contribution < -0.4 is 0 Å². The molecule has 0 saturated heterocycles. The minimum absolute atomic E-state index is 0.112. The van der Waals surface area contributed by atoms with Gasteiger partial charge in [-0.3, -0.25) is 4.79 Å². The predicted octanol–water partition coefficient (Wildman–Crippen LogP) is 2.43. The van der Waals surface area contributed by atoms with Gasteiger partial charge >= 0.3 is 5.97 Å². The number of rotatable bonds is 8. The van der Waals surface area contributed by atoms with Crippen LogP contribution in [0.5, 0.6) is 0 Å². The van der Waals surface area contributed by atoms with E-state index in [9.17, 15) is 9.59 Å². The number of ether oxygens (including phenoxy) is 1. The van der Waals surface area contributed by atoms with E-state index in [1.165, 1.54) is 0 Å². The van der Waals surface area contributed by atoms with E-state index in [1.54, 1.807) is 0 Å². The summed E-state index contributed by atoms with van der Waals surface area (Å²) in [7, 11) is 0. The van der Waals surface area contributed by atoms with Crippen molar-refractivity contribution in [2.24, 2.45) is 11.8 Å². The van der Waals surface area contributed by atoms with Gasteiger partial charge in [-0.15, -0.1) is 0 Å². The molecule has 0 unspecified atom stereocenters. The Morgan fingerprint density at radius 2 is 2.28 bits per heavy atom. The van der Waals surface area contributed by atoms with Crippen molar-refractivity contribution in [2.75, 3.05) is 13.2 Å². The van der Waals surface area contributed by atoms with Gasteiger partial charge in [-0.05, 0) is 31.6 Å². The second kappa shape index (κ2) is 8.03. The van der Waals surface area contributed by atoms with Crippen LogP contribution in [0.2, 0.25) is 0 Å². The maximum Gasteiger partial charge on any atom is 0.329 e. The molecule has 0 bridgehead atoms. The lowest BCUT2D eigenvalue weighted by Gasteiger charge is -2.16. The number of carbonyl (C=O) groups excluding carboxylic acids is 1. The van der Waals surface area contributed by atoms with Crippen LogP contribution in [0.1, 0.15) is 39.0 Å². The first kappa shape index (κ1) is 14.9. The summed E-state index contributed by atoms with van der Waals surface area (Å²) in [6, 6.07) is 0. The van der Waals surface area contributed by atoms with E-state index in [2.05, 4.69) is 19.1 Å². The molecule has 1 aliphatic rings. The lowest BCUT2D eigenvalue weighted by molar-refractivity contribution is -0.142. The first-order valence-corrected chi connectivity index (χ1v) is 6.62. The first-order valence-electron chi connectivity index (χ1n) is 6.62. The molecule has 1 fully saturated rings. The van der Waals surface area contributed by atoms with E-state index in [0.29, 0.717) is 24.7 Å². The van der Waals surface area contributed by atoms with Crippen molar-refractivity contribution in [2.45, 2.75) is 39.0 Å². The molecule has 0 aromatic heterocycles. The molecule has 4 nitrogen and oxygen atoms in total. The molecule has 0 aliphatic heterocycles. The van der Waals surface area contributed by atoms with Crippen LogP contribution in [-0.2, 0) is 14.3 Å². The van der Waals surface area contributed by atoms with E-state index in [-0.39, 0.29) is 12.5 Å². The summed E-state index contributed by atoms with van der Waals surface area (Å²) in [5.74, 6) is -0.132. The summed E-state index contributed by atoms with van der Waals surface area (Å²) < 4.78 is 5.04. The molecule has 0 amide bonds. The van der Waals surface area contributed by atoms with Gasteiger partial charge in [0.05, 0.1) is 0 Å².